The van der Waals surface area contributed by atoms with Gasteiger partial charge in [-0.1, -0.05) is 23.9 Å². The van der Waals surface area contributed by atoms with Gasteiger partial charge in [0.2, 0.25) is 0 Å². The van der Waals surface area contributed by atoms with E-state index in [0.29, 0.717) is 26.9 Å². The van der Waals surface area contributed by atoms with Gasteiger partial charge in [0.25, 0.3) is 0 Å². The Labute approximate surface area is 173 Å². The van der Waals surface area contributed by atoms with Gasteiger partial charge in [-0.15, -0.1) is 0 Å². The molecule has 0 aliphatic carbocycles. The average molecular weight is 411 g/mol. The van der Waals surface area contributed by atoms with Crippen molar-refractivity contribution in [2.45, 2.75) is 13.8 Å². The highest BCUT2D eigenvalue weighted by Gasteiger charge is 2.33. The van der Waals surface area contributed by atoms with Crippen LogP contribution in [0.5, 0.6) is 11.5 Å². The van der Waals surface area contributed by atoms with Gasteiger partial charge in [-0.05, 0) is 55.8 Å². The number of methoxy groups -OCH3 is 1. The highest BCUT2D eigenvalue weighted by Crippen LogP contribution is 2.41. The second-order valence-electron chi connectivity index (χ2n) is 6.24. The Balaban J connectivity index is 2.08. The second kappa shape index (κ2) is 8.87. The summed E-state index contributed by atoms with van der Waals surface area (Å²) in [6.45, 7) is 3.82. The predicted molar refractivity (Wildman–Crippen MR) is 115 cm³/mol. The molecule has 3 rings (SSSR count). The first-order valence-electron chi connectivity index (χ1n) is 8.96. The number of carbonyl (C=O) groups excluding carboxylic acids is 1. The number of aromatic hydroxyl groups is 1. The van der Waals surface area contributed by atoms with Crippen molar-refractivity contribution >= 4 is 34.5 Å². The number of rotatable bonds is 5. The number of esters is 1. The summed E-state index contributed by atoms with van der Waals surface area (Å²) in [7, 11) is 1.52. The molecule has 1 aliphatic rings. The summed E-state index contributed by atoms with van der Waals surface area (Å²) in [5, 5.41) is 21.2. The lowest BCUT2D eigenvalue weighted by atomic mass is 10.1. The Morgan fingerprint density at radius 1 is 1.21 bits per heavy atom. The molecule has 0 atom stereocenters. The monoisotopic (exact) mass is 411 g/mol. The zero-order valence-electron chi connectivity index (χ0n) is 16.3. The first kappa shape index (κ1) is 20.5. The molecule has 0 fully saturated rings. The van der Waals surface area contributed by atoms with Crippen LogP contribution in [0.15, 0.2) is 63.7 Å². The summed E-state index contributed by atoms with van der Waals surface area (Å²) in [5.74, 6) is -0.307. The van der Waals surface area contributed by atoms with E-state index in [1.165, 1.54) is 13.2 Å². The first-order valence-corrected chi connectivity index (χ1v) is 9.77. The second-order valence-corrected chi connectivity index (χ2v) is 7.27. The molecule has 2 aromatic carbocycles. The Hall–Kier alpha value is -3.19. The third-order valence-corrected chi connectivity index (χ3v) is 5.14. The van der Waals surface area contributed by atoms with Crippen LogP contribution in [0.3, 0.4) is 0 Å². The molecule has 6 nitrogen and oxygen atoms in total. The number of thioether (sulfide) groups is 1. The summed E-state index contributed by atoms with van der Waals surface area (Å²) < 4.78 is 10.3. The summed E-state index contributed by atoms with van der Waals surface area (Å²) in [5.41, 5.74) is 2.13. The maximum atomic E-state index is 12.5. The average Bonchev–Trinajstić information content (AvgIpc) is 2.98. The number of nitrogens with zero attached hydrogens (tertiary/aromatic N) is 1. The minimum Gasteiger partial charge on any atom is -0.507 e. The molecule has 2 aromatic rings. The number of hydrogen-bond acceptors (Lipinski definition) is 7. The van der Waals surface area contributed by atoms with Gasteiger partial charge in [-0.25, -0.2) is 9.79 Å². The smallest absolute Gasteiger partial charge is 0.344 e. The van der Waals surface area contributed by atoms with Gasteiger partial charge in [0.05, 0.1) is 24.3 Å². The highest BCUT2D eigenvalue weighted by atomic mass is 32.2. The van der Waals surface area contributed by atoms with Crippen LogP contribution in [0.4, 0.5) is 5.69 Å². The summed E-state index contributed by atoms with van der Waals surface area (Å²) in [4.78, 5) is 17.4. The first-order chi connectivity index (χ1) is 13.9. The molecule has 0 unspecified atom stereocenters. The molecule has 29 heavy (non-hydrogen) atoms. The van der Waals surface area contributed by atoms with Crippen LogP contribution in [0.1, 0.15) is 18.1 Å². The van der Waals surface area contributed by atoms with E-state index in [4.69, 9.17) is 9.47 Å². The van der Waals surface area contributed by atoms with E-state index < -0.39 is 5.97 Å². The number of ether oxygens (including phenoxy) is 2. The predicted octanol–water partition coefficient (Wildman–Crippen LogP) is 4.90. The van der Waals surface area contributed by atoms with Gasteiger partial charge in [0.1, 0.15) is 27.9 Å². The maximum absolute atomic E-state index is 12.5. The van der Waals surface area contributed by atoms with Crippen molar-refractivity contribution in [2.75, 3.05) is 13.7 Å². The third kappa shape index (κ3) is 4.63. The summed E-state index contributed by atoms with van der Waals surface area (Å²) >= 11 is 1.13. The van der Waals surface area contributed by atoms with E-state index in [-0.39, 0.29) is 23.7 Å². The third-order valence-electron chi connectivity index (χ3n) is 4.12. The molecule has 0 spiro atoms. The van der Waals surface area contributed by atoms with Crippen molar-refractivity contribution in [3.05, 3.63) is 69.8 Å². The fourth-order valence-electron chi connectivity index (χ4n) is 2.72. The number of phenolic OH excluding ortho intramolecular Hbond substituents is 1. The Morgan fingerprint density at radius 2 is 2.00 bits per heavy atom. The van der Waals surface area contributed by atoms with Crippen LogP contribution in [0.2, 0.25) is 0 Å². The van der Waals surface area contributed by atoms with E-state index in [0.717, 1.165) is 17.3 Å². The number of aliphatic imine (C=N–C) groups is 1. The molecule has 150 valence electrons. The topological polar surface area (TPSA) is 88.4 Å². The van der Waals surface area contributed by atoms with Crippen molar-refractivity contribution in [3.8, 4) is 11.5 Å². The number of phenols is 1. The Bertz CT molecular complexity index is 1040. The van der Waals surface area contributed by atoms with Crippen LogP contribution in [-0.4, -0.2) is 34.9 Å². The zero-order chi connectivity index (χ0) is 21.0. The quantitative estimate of drug-likeness (QED) is 0.680. The van der Waals surface area contributed by atoms with E-state index >= 15 is 0 Å². The minimum atomic E-state index is -0.651. The molecule has 0 amide bonds. The molecule has 0 saturated carbocycles. The molecular formula is C22H21NO5S. The summed E-state index contributed by atoms with van der Waals surface area (Å²) in [6, 6.07) is 12.3. The van der Waals surface area contributed by atoms with Gasteiger partial charge in [-0.3, -0.25) is 0 Å². The SMILES string of the molecule is CCOC(=O)C1=C(O)C(=Cc2cc(OC)ccc2O)SC1=Nc1cccc(C)c1. The largest absolute Gasteiger partial charge is 0.507 e. The van der Waals surface area contributed by atoms with Crippen LogP contribution in [-0.2, 0) is 9.53 Å². The van der Waals surface area contributed by atoms with Gasteiger partial charge in [0, 0.05) is 5.56 Å². The van der Waals surface area contributed by atoms with Gasteiger partial charge in [0.15, 0.2) is 0 Å². The maximum Gasteiger partial charge on any atom is 0.344 e. The molecule has 0 bridgehead atoms. The Morgan fingerprint density at radius 3 is 2.69 bits per heavy atom. The lowest BCUT2D eigenvalue weighted by Crippen LogP contribution is -2.12. The number of aliphatic hydroxyl groups is 1. The van der Waals surface area contributed by atoms with Crippen molar-refractivity contribution in [1.82, 2.24) is 0 Å². The fourth-order valence-corrected chi connectivity index (χ4v) is 3.75. The van der Waals surface area contributed by atoms with Crippen LogP contribution in [0, 0.1) is 6.92 Å². The number of carbonyl (C=O) groups is 1. The summed E-state index contributed by atoms with van der Waals surface area (Å²) in [6.07, 6.45) is 1.58. The number of benzene rings is 2. The highest BCUT2D eigenvalue weighted by molar-refractivity contribution is 8.18. The van der Waals surface area contributed by atoms with Gasteiger partial charge >= 0.3 is 5.97 Å². The normalized spacial score (nSPS) is 16.5. The molecule has 2 N–H and O–H groups in total. The molecular weight excluding hydrogens is 390 g/mol. The van der Waals surface area contributed by atoms with Crippen molar-refractivity contribution in [3.63, 3.8) is 0 Å². The lowest BCUT2D eigenvalue weighted by molar-refractivity contribution is -0.138. The molecule has 0 radical (unpaired) electrons. The van der Waals surface area contributed by atoms with Crippen molar-refractivity contribution < 1.29 is 24.5 Å². The van der Waals surface area contributed by atoms with Gasteiger partial charge < -0.3 is 19.7 Å². The minimum absolute atomic E-state index is 0.00647. The standard InChI is InChI=1S/C22H21NO5S/c1-4-28-22(26)19-20(25)18(12-14-11-16(27-3)8-9-17(14)24)29-21(19)23-15-7-5-6-13(2)10-15/h5-12,24-25H,4H2,1-3H3. The molecule has 1 aliphatic heterocycles. The number of hydrogen-bond donors (Lipinski definition) is 2. The van der Waals surface area contributed by atoms with Crippen molar-refractivity contribution in [2.24, 2.45) is 4.99 Å². The number of aryl methyl sites for hydroxylation is 1. The van der Waals surface area contributed by atoms with E-state index in [2.05, 4.69) is 4.99 Å². The van der Waals surface area contributed by atoms with Gasteiger partial charge in [-0.2, -0.15) is 0 Å². The van der Waals surface area contributed by atoms with E-state index in [9.17, 15) is 15.0 Å². The van der Waals surface area contributed by atoms with E-state index in [1.54, 1.807) is 25.1 Å². The molecule has 7 heteroatoms. The van der Waals surface area contributed by atoms with Crippen LogP contribution < -0.4 is 4.74 Å². The lowest BCUT2D eigenvalue weighted by Gasteiger charge is -2.04. The van der Waals surface area contributed by atoms with Crippen LogP contribution >= 0.6 is 11.8 Å². The van der Waals surface area contributed by atoms with E-state index in [1.807, 2.05) is 31.2 Å². The molecule has 0 aromatic heterocycles. The Kier molecular flexibility index (Phi) is 6.29. The van der Waals surface area contributed by atoms with Crippen LogP contribution in [0.25, 0.3) is 6.08 Å². The zero-order valence-corrected chi connectivity index (χ0v) is 17.1. The molecule has 1 heterocycles. The molecule has 0 saturated heterocycles. The fraction of sp³-hybridized carbons (Fsp3) is 0.182. The number of aliphatic hydroxyl groups excluding tert-OH is 1. The van der Waals surface area contributed by atoms with Crippen molar-refractivity contribution in [1.29, 1.82) is 0 Å².